The van der Waals surface area contributed by atoms with Crippen molar-refractivity contribution in [3.63, 3.8) is 0 Å². The maximum Gasteiger partial charge on any atom is 0.229 e. The number of nitrogens with zero attached hydrogens (tertiary/aromatic N) is 6. The Morgan fingerprint density at radius 3 is 2.45 bits per heavy atom. The fraction of sp³-hybridized carbons (Fsp3) is 0.485. The molecule has 3 aliphatic heterocycles. The van der Waals surface area contributed by atoms with Crippen LogP contribution in [0.1, 0.15) is 35.1 Å². The largest absolute Gasteiger partial charge is 0.338 e. The van der Waals surface area contributed by atoms with Gasteiger partial charge in [0.05, 0.1) is 5.39 Å². The van der Waals surface area contributed by atoms with Gasteiger partial charge in [-0.15, -0.1) is 0 Å². The molecule has 9 heteroatoms. The molecule has 9 nitrogen and oxygen atoms in total. The number of anilines is 4. The average Bonchev–Trinajstić information content (AvgIpc) is 3.27. The van der Waals surface area contributed by atoms with Gasteiger partial charge in [0.15, 0.2) is 11.5 Å². The Hall–Kier alpha value is -3.53. The van der Waals surface area contributed by atoms with E-state index in [2.05, 4.69) is 81.0 Å². The van der Waals surface area contributed by atoms with Crippen molar-refractivity contribution in [1.82, 2.24) is 34.9 Å². The first-order valence-corrected chi connectivity index (χ1v) is 15.6. The molecule has 5 heterocycles. The molecule has 2 aromatic heterocycles. The molecule has 3 aliphatic rings. The van der Waals surface area contributed by atoms with E-state index in [4.69, 9.17) is 10.1 Å². The summed E-state index contributed by atoms with van der Waals surface area (Å²) >= 11 is 0. The predicted octanol–water partition coefficient (Wildman–Crippen LogP) is 4.76. The van der Waals surface area contributed by atoms with E-state index in [1.165, 1.54) is 74.4 Å². The highest BCUT2D eigenvalue weighted by Gasteiger charge is 2.26. The van der Waals surface area contributed by atoms with Gasteiger partial charge in [-0.25, -0.2) is 9.67 Å². The molecule has 0 atom stereocenters. The number of para-hydroxylation sites is 1. The number of rotatable bonds is 8. The Kier molecular flexibility index (Phi) is 7.56. The maximum atomic E-state index is 4.83. The molecule has 0 bridgehead atoms. The van der Waals surface area contributed by atoms with Crippen molar-refractivity contribution in [1.29, 1.82) is 0 Å². The molecule has 4 aromatic rings. The Morgan fingerprint density at radius 1 is 0.905 bits per heavy atom. The van der Waals surface area contributed by atoms with Crippen molar-refractivity contribution in [2.75, 3.05) is 56.4 Å². The first kappa shape index (κ1) is 27.3. The molecule has 2 saturated heterocycles. The Morgan fingerprint density at radius 2 is 1.69 bits per heavy atom. The third-order valence-corrected chi connectivity index (χ3v) is 9.46. The van der Waals surface area contributed by atoms with Crippen LogP contribution in [0, 0.1) is 25.7 Å². The van der Waals surface area contributed by atoms with Crippen LogP contribution < -0.4 is 16.0 Å². The Labute approximate surface area is 248 Å². The molecule has 0 spiro atoms. The number of benzene rings is 2. The third kappa shape index (κ3) is 5.73. The fourth-order valence-electron chi connectivity index (χ4n) is 6.86. The molecule has 0 radical (unpaired) electrons. The minimum atomic E-state index is 0.584. The van der Waals surface area contributed by atoms with Crippen LogP contribution in [0.3, 0.4) is 0 Å². The summed E-state index contributed by atoms with van der Waals surface area (Å²) in [5.41, 5.74) is 8.15. The first-order valence-electron chi connectivity index (χ1n) is 15.6. The highest BCUT2D eigenvalue weighted by molar-refractivity contribution is 5.90. The summed E-state index contributed by atoms with van der Waals surface area (Å²) in [5, 5.41) is 16.0. The van der Waals surface area contributed by atoms with E-state index in [1.807, 2.05) is 17.9 Å². The fourth-order valence-corrected chi connectivity index (χ4v) is 6.86. The van der Waals surface area contributed by atoms with Gasteiger partial charge in [-0.1, -0.05) is 24.3 Å². The topological polar surface area (TPSA) is 86.2 Å². The quantitative estimate of drug-likeness (QED) is 0.282. The van der Waals surface area contributed by atoms with Gasteiger partial charge in [0.25, 0.3) is 0 Å². The van der Waals surface area contributed by atoms with E-state index in [0.29, 0.717) is 5.95 Å². The van der Waals surface area contributed by atoms with Crippen LogP contribution in [0.4, 0.5) is 23.1 Å². The van der Waals surface area contributed by atoms with Crippen molar-refractivity contribution in [3.8, 4) is 0 Å². The smallest absolute Gasteiger partial charge is 0.229 e. The second-order valence-electron chi connectivity index (χ2n) is 12.7. The summed E-state index contributed by atoms with van der Waals surface area (Å²) in [4.78, 5) is 14.9. The van der Waals surface area contributed by atoms with E-state index in [9.17, 15) is 0 Å². The molecule has 0 unspecified atom stereocenters. The molecular weight excluding hydrogens is 522 g/mol. The minimum Gasteiger partial charge on any atom is -0.338 e. The van der Waals surface area contributed by atoms with Gasteiger partial charge in [0.2, 0.25) is 5.95 Å². The van der Waals surface area contributed by atoms with Crippen molar-refractivity contribution in [2.24, 2.45) is 18.9 Å². The zero-order chi connectivity index (χ0) is 28.6. The summed E-state index contributed by atoms with van der Waals surface area (Å²) in [5.74, 6) is 3.05. The second kappa shape index (κ2) is 11.6. The zero-order valence-corrected chi connectivity index (χ0v) is 25.2. The number of nitrogens with one attached hydrogen (secondary N) is 3. The Balaban J connectivity index is 0.996. The van der Waals surface area contributed by atoms with Crippen molar-refractivity contribution in [3.05, 3.63) is 64.8 Å². The number of likely N-dealkylation sites (tertiary alicyclic amines) is 1. The molecule has 0 amide bonds. The first-order chi connectivity index (χ1) is 20.5. The van der Waals surface area contributed by atoms with Gasteiger partial charge in [-0.05, 0) is 92.4 Å². The number of hydrogen-bond donors (Lipinski definition) is 3. The highest BCUT2D eigenvalue weighted by Crippen LogP contribution is 2.30. The summed E-state index contributed by atoms with van der Waals surface area (Å²) in [6.45, 7) is 13.8. The molecule has 2 aromatic carbocycles. The average molecular weight is 566 g/mol. The van der Waals surface area contributed by atoms with Crippen molar-refractivity contribution >= 4 is 34.2 Å². The van der Waals surface area contributed by atoms with Gasteiger partial charge in [-0.2, -0.15) is 10.1 Å². The number of hydrogen-bond acceptors (Lipinski definition) is 8. The van der Waals surface area contributed by atoms with Crippen LogP contribution in [-0.4, -0.2) is 75.4 Å². The minimum absolute atomic E-state index is 0.584. The second-order valence-corrected chi connectivity index (χ2v) is 12.7. The molecule has 7 rings (SSSR count). The van der Waals surface area contributed by atoms with Crippen LogP contribution in [0.15, 0.2) is 42.6 Å². The molecule has 42 heavy (non-hydrogen) atoms. The van der Waals surface area contributed by atoms with Crippen molar-refractivity contribution in [2.45, 2.75) is 39.7 Å². The summed E-state index contributed by atoms with van der Waals surface area (Å²) < 4.78 is 1.82. The lowest BCUT2D eigenvalue weighted by Gasteiger charge is -2.39. The lowest BCUT2D eigenvalue weighted by Crippen LogP contribution is -2.50. The van der Waals surface area contributed by atoms with E-state index in [-0.39, 0.29) is 0 Å². The summed E-state index contributed by atoms with van der Waals surface area (Å²) in [6.07, 6.45) is 5.65. The molecular formula is C33H43N9. The van der Waals surface area contributed by atoms with Gasteiger partial charge in [0.1, 0.15) is 0 Å². The third-order valence-electron chi connectivity index (χ3n) is 9.46. The molecule has 220 valence electrons. The van der Waals surface area contributed by atoms with Gasteiger partial charge in [0, 0.05) is 63.9 Å². The van der Waals surface area contributed by atoms with Crippen LogP contribution in [0.5, 0.6) is 0 Å². The van der Waals surface area contributed by atoms with E-state index in [0.717, 1.165) is 59.6 Å². The van der Waals surface area contributed by atoms with Gasteiger partial charge in [-0.3, -0.25) is 4.90 Å². The van der Waals surface area contributed by atoms with Gasteiger partial charge < -0.3 is 20.9 Å². The number of aryl methyl sites for hydroxylation is 3. The van der Waals surface area contributed by atoms with E-state index < -0.39 is 0 Å². The maximum absolute atomic E-state index is 4.83. The summed E-state index contributed by atoms with van der Waals surface area (Å²) in [7, 11) is 1.93. The molecule has 2 fully saturated rings. The lowest BCUT2D eigenvalue weighted by atomic mass is 9.92. The van der Waals surface area contributed by atoms with Crippen LogP contribution in [0.25, 0.3) is 11.0 Å². The Bertz CT molecular complexity index is 1550. The van der Waals surface area contributed by atoms with E-state index >= 15 is 0 Å². The molecule has 0 saturated carbocycles. The number of aromatic nitrogens is 4. The SMILES string of the molecule is Cc1cccc(C)c1Nc1nn(C)c2nc(Nc3ccc4c(c3)CN(CC3CCN(CC5CNC5)CC3)CC4)ncc12. The molecule has 0 aliphatic carbocycles. The van der Waals surface area contributed by atoms with Crippen LogP contribution >= 0.6 is 0 Å². The summed E-state index contributed by atoms with van der Waals surface area (Å²) in [6, 6.07) is 13.0. The monoisotopic (exact) mass is 565 g/mol. The van der Waals surface area contributed by atoms with Gasteiger partial charge >= 0.3 is 0 Å². The standard InChI is InChI=1S/C33H43N9/c1-22-5-4-6-23(2)30(22)37-31-29-18-35-33(38-32(29)40(3)39-31)36-28-8-7-26-11-14-42(21-27(26)15-28)19-24-9-12-41(13-10-24)20-25-16-34-17-25/h4-8,15,18,24-25,34H,9-14,16-17,19-21H2,1-3H3,(H,37,39)(H,35,36,38). The predicted molar refractivity (Wildman–Crippen MR) is 170 cm³/mol. The normalized spacial score (nSPS) is 18.6. The zero-order valence-electron chi connectivity index (χ0n) is 25.2. The number of piperidine rings is 1. The van der Waals surface area contributed by atoms with Crippen LogP contribution in [-0.2, 0) is 20.0 Å². The number of fused-ring (bicyclic) bond motifs is 2. The molecule has 3 N–H and O–H groups in total. The lowest BCUT2D eigenvalue weighted by molar-refractivity contribution is 0.114. The highest BCUT2D eigenvalue weighted by atomic mass is 15.3. The van der Waals surface area contributed by atoms with Crippen molar-refractivity contribution < 1.29 is 0 Å². The van der Waals surface area contributed by atoms with E-state index in [1.54, 1.807) is 0 Å². The van der Waals surface area contributed by atoms with Crippen LogP contribution in [0.2, 0.25) is 0 Å².